The number of phosphoric acid groups is 2. The Morgan fingerprint density at radius 1 is 0.292 bits per heavy atom. The van der Waals surface area contributed by atoms with Crippen LogP contribution in [0.15, 0.2) is 0 Å². The Morgan fingerprint density at radius 3 is 0.740 bits per heavy atom. The van der Waals surface area contributed by atoms with Gasteiger partial charge in [-0.25, -0.2) is 9.13 Å². The number of hydrogen-bond donors (Lipinski definition) is 3. The van der Waals surface area contributed by atoms with Gasteiger partial charge >= 0.3 is 39.5 Å². The van der Waals surface area contributed by atoms with Gasteiger partial charge in [0.15, 0.2) is 12.2 Å². The number of aliphatic hydroxyl groups is 1. The van der Waals surface area contributed by atoms with Crippen LogP contribution in [0.3, 0.4) is 0 Å². The van der Waals surface area contributed by atoms with E-state index in [0.29, 0.717) is 25.7 Å². The zero-order valence-electron chi connectivity index (χ0n) is 63.0. The summed E-state index contributed by atoms with van der Waals surface area (Å²) in [6, 6.07) is 0. The van der Waals surface area contributed by atoms with Gasteiger partial charge in [0.1, 0.15) is 19.3 Å². The first-order chi connectivity index (χ1) is 46.1. The van der Waals surface area contributed by atoms with Crippen LogP contribution in [0.2, 0.25) is 0 Å². The molecule has 0 aromatic heterocycles. The second-order valence-electron chi connectivity index (χ2n) is 29.4. The van der Waals surface area contributed by atoms with Crippen LogP contribution in [0.25, 0.3) is 0 Å². The van der Waals surface area contributed by atoms with Crippen LogP contribution >= 0.6 is 15.6 Å². The van der Waals surface area contributed by atoms with Crippen molar-refractivity contribution in [3.63, 3.8) is 0 Å². The average molecular weight is 1410 g/mol. The third-order valence-electron chi connectivity index (χ3n) is 18.2. The van der Waals surface area contributed by atoms with Gasteiger partial charge in [-0.1, -0.05) is 338 Å². The molecule has 0 amide bonds. The average Bonchev–Trinajstić information content (AvgIpc) is 1.52. The number of aliphatic hydroxyl groups excluding tert-OH is 1. The summed E-state index contributed by atoms with van der Waals surface area (Å²) in [6.45, 7) is 14.2. The standard InChI is InChI=1S/C77H150O17P2/c1-9-70(8)56-48-40-32-26-28-34-42-50-58-75(80)88-64-73(93-76(81)59-51-43-35-23-19-15-13-11-10-12-14-17-21-29-37-45-53-67(2)3)66-92-96(85,86)90-62-71(78)61-89-95(83,84)91-65-72(63-87-74(79)57-49-41-33-27-25-31-39-47-55-69(6)7)94-77(82)60-52-44-36-24-20-16-18-22-30-38-46-54-68(4)5/h67-73,78H,9-66H2,1-8H3,(H,83,84)(H,85,86)/t70?,71?,72-,73-/m1/s1. The Bertz CT molecular complexity index is 1890. The first kappa shape index (κ1) is 94.1. The fourth-order valence-corrected chi connectivity index (χ4v) is 13.3. The summed E-state index contributed by atoms with van der Waals surface area (Å²) < 4.78 is 68.6. The van der Waals surface area contributed by atoms with Crippen LogP contribution in [0, 0.1) is 23.7 Å². The maximum Gasteiger partial charge on any atom is 0.472 e. The molecule has 0 aromatic carbocycles. The van der Waals surface area contributed by atoms with E-state index in [9.17, 15) is 43.2 Å². The van der Waals surface area contributed by atoms with E-state index in [0.717, 1.165) is 114 Å². The quantitative estimate of drug-likeness (QED) is 0.0222. The Hall–Kier alpha value is -1.94. The molecule has 0 spiro atoms. The highest BCUT2D eigenvalue weighted by molar-refractivity contribution is 7.47. The minimum absolute atomic E-state index is 0.105. The molecular weight excluding hydrogens is 1260 g/mol. The Balaban J connectivity index is 5.24. The number of hydrogen-bond acceptors (Lipinski definition) is 15. The van der Waals surface area contributed by atoms with Crippen molar-refractivity contribution in [3.05, 3.63) is 0 Å². The van der Waals surface area contributed by atoms with E-state index < -0.39 is 97.5 Å². The number of carbonyl (C=O) groups is 4. The monoisotopic (exact) mass is 1410 g/mol. The maximum absolute atomic E-state index is 13.1. The zero-order chi connectivity index (χ0) is 71.0. The van der Waals surface area contributed by atoms with Crippen LogP contribution < -0.4 is 0 Å². The number of rotatable bonds is 74. The van der Waals surface area contributed by atoms with Crippen molar-refractivity contribution in [1.29, 1.82) is 0 Å². The van der Waals surface area contributed by atoms with E-state index in [4.69, 9.17) is 37.0 Å². The molecule has 0 rings (SSSR count). The fourth-order valence-electron chi connectivity index (χ4n) is 11.7. The lowest BCUT2D eigenvalue weighted by molar-refractivity contribution is -0.161. The minimum Gasteiger partial charge on any atom is -0.462 e. The van der Waals surface area contributed by atoms with Crippen molar-refractivity contribution in [2.45, 2.75) is 408 Å². The van der Waals surface area contributed by atoms with Crippen molar-refractivity contribution in [3.8, 4) is 0 Å². The Kier molecular flexibility index (Phi) is 65.0. The second-order valence-corrected chi connectivity index (χ2v) is 32.3. The highest BCUT2D eigenvalue weighted by atomic mass is 31.2. The highest BCUT2D eigenvalue weighted by Gasteiger charge is 2.30. The third kappa shape index (κ3) is 69.2. The molecule has 96 heavy (non-hydrogen) atoms. The number of phosphoric ester groups is 2. The molecule has 0 saturated carbocycles. The molecule has 6 atom stereocenters. The van der Waals surface area contributed by atoms with Gasteiger partial charge in [-0.2, -0.15) is 0 Å². The maximum atomic E-state index is 13.1. The molecule has 19 heteroatoms. The van der Waals surface area contributed by atoms with Gasteiger partial charge in [-0.15, -0.1) is 0 Å². The summed E-state index contributed by atoms with van der Waals surface area (Å²) in [4.78, 5) is 72.9. The second kappa shape index (κ2) is 66.3. The molecule has 0 heterocycles. The smallest absolute Gasteiger partial charge is 0.462 e. The molecule has 0 aromatic rings. The third-order valence-corrected chi connectivity index (χ3v) is 20.1. The lowest BCUT2D eigenvalue weighted by Gasteiger charge is -2.21. The fraction of sp³-hybridized carbons (Fsp3) is 0.948. The topological polar surface area (TPSA) is 237 Å². The van der Waals surface area contributed by atoms with E-state index in [1.54, 1.807) is 0 Å². The van der Waals surface area contributed by atoms with Gasteiger partial charge in [0.25, 0.3) is 0 Å². The van der Waals surface area contributed by atoms with Crippen LogP contribution in [0.5, 0.6) is 0 Å². The molecule has 0 radical (unpaired) electrons. The van der Waals surface area contributed by atoms with Crippen molar-refractivity contribution >= 4 is 39.5 Å². The summed E-state index contributed by atoms with van der Waals surface area (Å²) in [5.74, 6) is 0.958. The summed E-state index contributed by atoms with van der Waals surface area (Å²) in [5, 5.41) is 10.6. The Morgan fingerprint density at radius 2 is 0.500 bits per heavy atom. The molecule has 0 fully saturated rings. The zero-order valence-corrected chi connectivity index (χ0v) is 64.8. The number of esters is 4. The van der Waals surface area contributed by atoms with Crippen LogP contribution in [0.1, 0.15) is 389 Å². The molecule has 0 bridgehead atoms. The van der Waals surface area contributed by atoms with E-state index in [2.05, 4.69) is 55.4 Å². The lowest BCUT2D eigenvalue weighted by Crippen LogP contribution is -2.30. The minimum atomic E-state index is -4.96. The van der Waals surface area contributed by atoms with Gasteiger partial charge in [0.2, 0.25) is 0 Å². The van der Waals surface area contributed by atoms with Crippen LogP contribution in [0.4, 0.5) is 0 Å². The number of carbonyl (C=O) groups excluding carboxylic acids is 4. The molecule has 0 saturated heterocycles. The highest BCUT2D eigenvalue weighted by Crippen LogP contribution is 2.45. The summed E-state index contributed by atoms with van der Waals surface area (Å²) in [7, 11) is -9.92. The van der Waals surface area contributed by atoms with Crippen molar-refractivity contribution in [1.82, 2.24) is 0 Å². The van der Waals surface area contributed by atoms with E-state index in [1.165, 1.54) is 193 Å². The van der Waals surface area contributed by atoms with E-state index in [1.807, 2.05) is 0 Å². The van der Waals surface area contributed by atoms with Gasteiger partial charge in [-0.05, 0) is 49.4 Å². The van der Waals surface area contributed by atoms with Gasteiger partial charge < -0.3 is 33.8 Å². The number of ether oxygens (including phenoxy) is 4. The molecule has 0 aliphatic carbocycles. The largest absolute Gasteiger partial charge is 0.472 e. The van der Waals surface area contributed by atoms with Crippen molar-refractivity contribution in [2.75, 3.05) is 39.6 Å². The molecule has 3 N–H and O–H groups in total. The van der Waals surface area contributed by atoms with Crippen LogP contribution in [-0.4, -0.2) is 96.7 Å². The van der Waals surface area contributed by atoms with Gasteiger partial charge in [0.05, 0.1) is 26.4 Å². The molecular formula is C77H150O17P2. The van der Waals surface area contributed by atoms with E-state index >= 15 is 0 Å². The Labute approximate surface area is 588 Å². The predicted molar refractivity (Wildman–Crippen MR) is 391 cm³/mol. The lowest BCUT2D eigenvalue weighted by atomic mass is 9.99. The van der Waals surface area contributed by atoms with Crippen LogP contribution in [-0.2, 0) is 65.4 Å². The van der Waals surface area contributed by atoms with Crippen molar-refractivity contribution < 1.29 is 80.2 Å². The van der Waals surface area contributed by atoms with Gasteiger partial charge in [0, 0.05) is 25.7 Å². The molecule has 4 unspecified atom stereocenters. The first-order valence-electron chi connectivity index (χ1n) is 39.7. The van der Waals surface area contributed by atoms with Gasteiger partial charge in [-0.3, -0.25) is 37.3 Å². The molecule has 570 valence electrons. The number of unbranched alkanes of at least 4 members (excludes halogenated alkanes) is 39. The summed E-state index contributed by atoms with van der Waals surface area (Å²) >= 11 is 0. The molecule has 17 nitrogen and oxygen atoms in total. The predicted octanol–water partition coefficient (Wildman–Crippen LogP) is 22.4. The SMILES string of the molecule is CCC(C)CCCCCCCCCCC(=O)OC[C@H](COP(=O)(O)OCC(O)COP(=O)(O)OC[C@@H](COC(=O)CCCCCCCCCCC(C)C)OC(=O)CCCCCCCCCCCCCC(C)C)OC(=O)CCCCCCCCCCCCCCCCCCC(C)C. The van der Waals surface area contributed by atoms with E-state index in [-0.39, 0.29) is 25.7 Å². The summed E-state index contributed by atoms with van der Waals surface area (Å²) in [5.41, 5.74) is 0. The first-order valence-corrected chi connectivity index (χ1v) is 42.7. The normalized spacial score (nSPS) is 14.4. The summed E-state index contributed by atoms with van der Waals surface area (Å²) in [6.07, 6.45) is 51.3. The molecule has 0 aliphatic heterocycles. The van der Waals surface area contributed by atoms with Crippen molar-refractivity contribution in [2.24, 2.45) is 23.7 Å². The molecule has 0 aliphatic rings.